The topological polar surface area (TPSA) is 63.8 Å². The summed E-state index contributed by atoms with van der Waals surface area (Å²) < 4.78 is 2.60. The second kappa shape index (κ2) is 14.8. The number of allylic oxidation sites excluding steroid dienone is 12. The summed E-state index contributed by atoms with van der Waals surface area (Å²) in [5.74, 6) is -0.342. The van der Waals surface area contributed by atoms with Crippen LogP contribution in [0.4, 0.5) is 5.69 Å². The highest BCUT2D eigenvalue weighted by Crippen LogP contribution is 2.51. The Kier molecular flexibility index (Phi) is 10.4. The number of hydrogen-bond donors (Lipinski definition) is 2. The van der Waals surface area contributed by atoms with Gasteiger partial charge < -0.3 is 15.1 Å². The number of aliphatic carboxylic acids is 1. The van der Waals surface area contributed by atoms with Crippen LogP contribution in [0.2, 0.25) is 0 Å². The number of hydrogen-bond acceptors (Lipinski definition) is 3. The average molecular weight is 718 g/mol. The van der Waals surface area contributed by atoms with Gasteiger partial charge in [0.1, 0.15) is 6.54 Å². The SMILES string of the molecule is CC1(C)C(=CC=C2CCCC(C=CC3=[N+](CCCCCC(=O)O)C4C=CC5=C(C=CCC5)C4C3(C)C)=C2Cl)N(CCO)c2ccc3ccccc3c21. The molecule has 0 aromatic heterocycles. The van der Waals surface area contributed by atoms with Crippen LogP contribution < -0.4 is 4.90 Å². The largest absolute Gasteiger partial charge is 0.481 e. The van der Waals surface area contributed by atoms with Gasteiger partial charge in [0, 0.05) is 47.3 Å². The highest BCUT2D eigenvalue weighted by Gasteiger charge is 2.55. The first-order chi connectivity index (χ1) is 25.0. The van der Waals surface area contributed by atoms with E-state index in [0.717, 1.165) is 62.1 Å². The lowest BCUT2D eigenvalue weighted by Gasteiger charge is -2.32. The third-order valence-electron chi connectivity index (χ3n) is 12.2. The molecule has 0 spiro atoms. The number of β-amino-alcohol motifs (C(OH)–C–C–N with tert-alkyl or cyclic N) is 1. The zero-order valence-corrected chi connectivity index (χ0v) is 32.1. The number of carboxylic acids is 1. The lowest BCUT2D eigenvalue weighted by Crippen LogP contribution is -2.35. The van der Waals surface area contributed by atoms with E-state index >= 15 is 0 Å². The van der Waals surface area contributed by atoms with Crippen molar-refractivity contribution in [3.8, 4) is 0 Å². The number of aliphatic hydroxyl groups is 1. The monoisotopic (exact) mass is 717 g/mol. The molecule has 272 valence electrons. The fourth-order valence-electron chi connectivity index (χ4n) is 9.74. The minimum Gasteiger partial charge on any atom is -0.481 e. The van der Waals surface area contributed by atoms with Gasteiger partial charge in [0.15, 0.2) is 11.8 Å². The molecule has 5 nitrogen and oxygen atoms in total. The number of aliphatic hydroxyl groups excluding tert-OH is 1. The Morgan fingerprint density at radius 2 is 1.83 bits per heavy atom. The van der Waals surface area contributed by atoms with Crippen LogP contribution in [0.15, 0.2) is 118 Å². The second-order valence-electron chi connectivity index (χ2n) is 16.2. The molecule has 2 N–H and O–H groups in total. The van der Waals surface area contributed by atoms with Crippen molar-refractivity contribution in [3.05, 3.63) is 124 Å². The second-order valence-corrected chi connectivity index (χ2v) is 16.6. The van der Waals surface area contributed by atoms with E-state index in [1.807, 2.05) is 0 Å². The standard InChI is InChI=1S/C46H53ClN2O3/c1-45(2)39(48(28-11-5-6-19-41(51)52)37-24-20-31-13-7-9-17-35(31)42(37)45)26-22-33-15-12-16-34(44(33)47)23-27-40-46(3,4)43-36-18-10-8-14-32(36)21-25-38(43)49(40)29-30-50/h8-10,14,17-18,20-27,37,42,50H,5-7,11-13,15-16,19,28-30H2,1-4H3/p+1. The zero-order chi connectivity index (χ0) is 36.6. The molecule has 5 aliphatic rings. The van der Waals surface area contributed by atoms with Crippen molar-refractivity contribution >= 4 is 39.7 Å². The quantitative estimate of drug-likeness (QED) is 0.179. The molecule has 6 heteroatoms. The van der Waals surface area contributed by atoms with Gasteiger partial charge in [0.25, 0.3) is 0 Å². The molecule has 0 saturated carbocycles. The predicted octanol–water partition coefficient (Wildman–Crippen LogP) is 10.3. The van der Waals surface area contributed by atoms with E-state index in [9.17, 15) is 15.0 Å². The normalized spacial score (nSPS) is 24.9. The Morgan fingerprint density at radius 1 is 1.00 bits per heavy atom. The van der Waals surface area contributed by atoms with Gasteiger partial charge in [-0.15, -0.1) is 0 Å². The first-order valence-electron chi connectivity index (χ1n) is 19.4. The van der Waals surface area contributed by atoms with Crippen molar-refractivity contribution in [1.82, 2.24) is 0 Å². The van der Waals surface area contributed by atoms with Gasteiger partial charge in [-0.3, -0.25) is 4.79 Å². The van der Waals surface area contributed by atoms with E-state index in [1.54, 1.807) is 0 Å². The van der Waals surface area contributed by atoms with E-state index in [4.69, 9.17) is 11.6 Å². The minimum atomic E-state index is -0.716. The maximum atomic E-state index is 11.2. The number of benzene rings is 2. The number of fused-ring (bicyclic) bond motifs is 5. The maximum Gasteiger partial charge on any atom is 0.303 e. The van der Waals surface area contributed by atoms with Crippen LogP contribution in [0.1, 0.15) is 91.0 Å². The van der Waals surface area contributed by atoms with Gasteiger partial charge in [-0.1, -0.05) is 86.2 Å². The number of carboxylic acid groups (broad SMARTS) is 1. The molecular formula is C46H54ClN2O3+. The molecule has 0 fully saturated rings. The van der Waals surface area contributed by atoms with Crippen LogP contribution in [0.5, 0.6) is 0 Å². The van der Waals surface area contributed by atoms with Crippen molar-refractivity contribution in [2.75, 3.05) is 24.6 Å². The van der Waals surface area contributed by atoms with E-state index in [-0.39, 0.29) is 29.9 Å². The Balaban J connectivity index is 1.21. The molecule has 0 amide bonds. The third-order valence-corrected chi connectivity index (χ3v) is 12.7. The van der Waals surface area contributed by atoms with E-state index in [2.05, 4.69) is 122 Å². The van der Waals surface area contributed by atoms with Gasteiger partial charge in [0.2, 0.25) is 0 Å². The van der Waals surface area contributed by atoms with Crippen LogP contribution in [0, 0.1) is 11.3 Å². The zero-order valence-electron chi connectivity index (χ0n) is 31.3. The molecule has 2 aromatic rings. The number of nitrogens with zero attached hydrogens (tertiary/aromatic N) is 2. The highest BCUT2D eigenvalue weighted by atomic mass is 35.5. The van der Waals surface area contributed by atoms with Crippen LogP contribution >= 0.6 is 11.6 Å². The molecular weight excluding hydrogens is 664 g/mol. The summed E-state index contributed by atoms with van der Waals surface area (Å²) in [6, 6.07) is 13.3. The molecule has 2 aromatic carbocycles. The molecule has 52 heavy (non-hydrogen) atoms. The van der Waals surface area contributed by atoms with Gasteiger partial charge in [-0.25, -0.2) is 4.58 Å². The molecule has 7 rings (SSSR count). The number of rotatable bonds is 11. The van der Waals surface area contributed by atoms with Gasteiger partial charge in [0.05, 0.1) is 17.9 Å². The average Bonchev–Trinajstić information content (AvgIpc) is 3.48. The Bertz CT molecular complexity index is 2020. The molecule has 2 atom stereocenters. The van der Waals surface area contributed by atoms with Crippen molar-refractivity contribution in [2.24, 2.45) is 11.3 Å². The van der Waals surface area contributed by atoms with Crippen LogP contribution in [0.25, 0.3) is 10.8 Å². The summed E-state index contributed by atoms with van der Waals surface area (Å²) in [5, 5.41) is 22.6. The van der Waals surface area contributed by atoms with Crippen LogP contribution in [0.3, 0.4) is 0 Å². The molecule has 3 aliphatic carbocycles. The number of halogens is 1. The summed E-state index contributed by atoms with van der Waals surface area (Å²) in [7, 11) is 0. The number of anilines is 1. The van der Waals surface area contributed by atoms with Gasteiger partial charge in [-0.05, 0) is 116 Å². The van der Waals surface area contributed by atoms with Gasteiger partial charge in [-0.2, -0.15) is 0 Å². The van der Waals surface area contributed by atoms with Crippen molar-refractivity contribution < 1.29 is 19.6 Å². The lowest BCUT2D eigenvalue weighted by atomic mass is 9.67. The smallest absolute Gasteiger partial charge is 0.303 e. The molecule has 2 aliphatic heterocycles. The van der Waals surface area contributed by atoms with Crippen molar-refractivity contribution in [3.63, 3.8) is 0 Å². The summed E-state index contributed by atoms with van der Waals surface area (Å²) in [4.78, 5) is 13.4. The first kappa shape index (κ1) is 36.4. The Morgan fingerprint density at radius 3 is 2.63 bits per heavy atom. The molecule has 0 saturated heterocycles. The fraction of sp³-hybridized carbons (Fsp3) is 0.435. The molecule has 0 radical (unpaired) electrons. The maximum absolute atomic E-state index is 11.2. The van der Waals surface area contributed by atoms with E-state index < -0.39 is 5.97 Å². The summed E-state index contributed by atoms with van der Waals surface area (Å²) in [6.07, 6.45) is 26.5. The first-order valence-corrected chi connectivity index (χ1v) is 19.7. The van der Waals surface area contributed by atoms with Crippen molar-refractivity contribution in [1.29, 1.82) is 0 Å². The Hall–Kier alpha value is -3.93. The summed E-state index contributed by atoms with van der Waals surface area (Å²) in [6.45, 7) is 10.9. The highest BCUT2D eigenvalue weighted by molar-refractivity contribution is 6.32. The van der Waals surface area contributed by atoms with E-state index in [1.165, 1.54) is 50.2 Å². The Labute approximate surface area is 314 Å². The summed E-state index contributed by atoms with van der Waals surface area (Å²) in [5.41, 5.74) is 9.96. The van der Waals surface area contributed by atoms with Crippen molar-refractivity contribution in [2.45, 2.75) is 96.9 Å². The fourth-order valence-corrected chi connectivity index (χ4v) is 10.1. The molecule has 2 unspecified atom stereocenters. The van der Waals surface area contributed by atoms with Crippen LogP contribution in [-0.4, -0.2) is 52.2 Å². The molecule has 2 heterocycles. The molecule has 0 bridgehead atoms. The van der Waals surface area contributed by atoms with E-state index in [0.29, 0.717) is 18.9 Å². The third kappa shape index (κ3) is 6.60. The lowest BCUT2D eigenvalue weighted by molar-refractivity contribution is -0.551. The minimum absolute atomic E-state index is 0.0762. The predicted molar refractivity (Wildman–Crippen MR) is 215 cm³/mol. The summed E-state index contributed by atoms with van der Waals surface area (Å²) >= 11 is 7.30. The van der Waals surface area contributed by atoms with Gasteiger partial charge >= 0.3 is 5.97 Å². The van der Waals surface area contributed by atoms with Crippen LogP contribution in [-0.2, 0) is 10.2 Å². The number of unbranched alkanes of at least 4 members (excludes halogenated alkanes) is 2. The number of carbonyl (C=O) groups is 1.